The molecule has 0 aliphatic heterocycles. The van der Waals surface area contributed by atoms with E-state index in [4.69, 9.17) is 23.2 Å². The average Bonchev–Trinajstić information content (AvgIpc) is 2.60. The molecule has 0 aliphatic carbocycles. The lowest BCUT2D eigenvalue weighted by Gasteiger charge is -2.10. The van der Waals surface area contributed by atoms with Crippen LogP contribution in [-0.4, -0.2) is 30.8 Å². The molecule has 0 aliphatic rings. The highest BCUT2D eigenvalue weighted by molar-refractivity contribution is 6.36. The maximum Gasteiger partial charge on any atom is 0.253 e. The molecule has 0 saturated carbocycles. The molecule has 0 saturated heterocycles. The van der Waals surface area contributed by atoms with Crippen molar-refractivity contribution in [2.45, 2.75) is 6.92 Å². The molecular weight excluding hydrogens is 377 g/mol. The van der Waals surface area contributed by atoms with Crippen molar-refractivity contribution in [3.63, 3.8) is 0 Å². The van der Waals surface area contributed by atoms with Crippen molar-refractivity contribution in [2.75, 3.05) is 18.4 Å². The van der Waals surface area contributed by atoms with Crippen LogP contribution in [-0.2, 0) is 9.59 Å². The van der Waals surface area contributed by atoms with E-state index in [9.17, 15) is 14.4 Å². The standard InChI is InChI=1S/C18H17Cl2N3O3/c1-11-4-2-3-5-15(11)23-17(25)10-21-16(24)9-22-18(26)13-7-6-12(19)8-14(13)20/h2-8H,9-10H2,1H3,(H,21,24)(H,22,26)(H,23,25). The number of carbonyl (C=O) groups excluding carboxylic acids is 3. The van der Waals surface area contributed by atoms with E-state index < -0.39 is 11.8 Å². The van der Waals surface area contributed by atoms with Crippen LogP contribution >= 0.6 is 23.2 Å². The lowest BCUT2D eigenvalue weighted by atomic mass is 10.2. The van der Waals surface area contributed by atoms with Crippen molar-refractivity contribution in [1.29, 1.82) is 0 Å². The van der Waals surface area contributed by atoms with Gasteiger partial charge in [0.05, 0.1) is 23.7 Å². The highest BCUT2D eigenvalue weighted by Crippen LogP contribution is 2.20. The zero-order chi connectivity index (χ0) is 19.1. The fraction of sp³-hybridized carbons (Fsp3) is 0.167. The Labute approximate surface area is 160 Å². The number of carbonyl (C=O) groups is 3. The summed E-state index contributed by atoms with van der Waals surface area (Å²) in [6.07, 6.45) is 0. The van der Waals surface area contributed by atoms with Gasteiger partial charge in [-0.1, -0.05) is 41.4 Å². The second kappa shape index (κ2) is 9.22. The molecule has 0 bridgehead atoms. The van der Waals surface area contributed by atoms with Gasteiger partial charge in [-0.25, -0.2) is 0 Å². The van der Waals surface area contributed by atoms with Gasteiger partial charge in [-0.3, -0.25) is 14.4 Å². The molecule has 2 rings (SSSR count). The van der Waals surface area contributed by atoms with Gasteiger partial charge >= 0.3 is 0 Å². The summed E-state index contributed by atoms with van der Waals surface area (Å²) in [5.41, 5.74) is 1.80. The van der Waals surface area contributed by atoms with E-state index in [-0.39, 0.29) is 29.6 Å². The first kappa shape index (κ1) is 19.8. The Morgan fingerprint density at radius 3 is 2.31 bits per heavy atom. The molecule has 6 nitrogen and oxygen atoms in total. The maximum atomic E-state index is 12.0. The molecule has 0 radical (unpaired) electrons. The minimum absolute atomic E-state index is 0.188. The van der Waals surface area contributed by atoms with E-state index in [1.54, 1.807) is 12.1 Å². The Kier molecular flexibility index (Phi) is 7.00. The van der Waals surface area contributed by atoms with Crippen LogP contribution in [0.3, 0.4) is 0 Å². The molecule has 3 N–H and O–H groups in total. The van der Waals surface area contributed by atoms with Crippen molar-refractivity contribution >= 4 is 46.6 Å². The first-order valence-electron chi connectivity index (χ1n) is 7.72. The molecule has 0 aromatic heterocycles. The zero-order valence-corrected chi connectivity index (χ0v) is 15.4. The van der Waals surface area contributed by atoms with Gasteiger partial charge in [0.25, 0.3) is 5.91 Å². The largest absolute Gasteiger partial charge is 0.345 e. The van der Waals surface area contributed by atoms with E-state index in [2.05, 4.69) is 16.0 Å². The second-order valence-electron chi connectivity index (χ2n) is 5.45. The summed E-state index contributed by atoms with van der Waals surface area (Å²) < 4.78 is 0. The summed E-state index contributed by atoms with van der Waals surface area (Å²) >= 11 is 11.7. The van der Waals surface area contributed by atoms with Crippen LogP contribution in [0.2, 0.25) is 10.0 Å². The van der Waals surface area contributed by atoms with Gasteiger partial charge in [-0.2, -0.15) is 0 Å². The number of hydrogen-bond acceptors (Lipinski definition) is 3. The smallest absolute Gasteiger partial charge is 0.253 e. The second-order valence-corrected chi connectivity index (χ2v) is 6.29. The summed E-state index contributed by atoms with van der Waals surface area (Å²) in [6.45, 7) is 1.38. The fourth-order valence-electron chi connectivity index (χ4n) is 2.08. The molecule has 2 aromatic carbocycles. The van der Waals surface area contributed by atoms with Crippen LogP contribution in [0, 0.1) is 6.92 Å². The summed E-state index contributed by atoms with van der Waals surface area (Å²) in [5, 5.41) is 8.16. The zero-order valence-electron chi connectivity index (χ0n) is 13.9. The van der Waals surface area contributed by atoms with E-state index >= 15 is 0 Å². The van der Waals surface area contributed by atoms with E-state index in [1.807, 2.05) is 19.1 Å². The number of para-hydroxylation sites is 1. The third-order valence-corrected chi connectivity index (χ3v) is 4.00. The normalized spacial score (nSPS) is 10.1. The Morgan fingerprint density at radius 1 is 0.923 bits per heavy atom. The molecule has 0 unspecified atom stereocenters. The quantitative estimate of drug-likeness (QED) is 0.704. The number of aryl methyl sites for hydroxylation is 1. The fourth-order valence-corrected chi connectivity index (χ4v) is 2.57. The number of amides is 3. The number of nitrogens with one attached hydrogen (secondary N) is 3. The monoisotopic (exact) mass is 393 g/mol. The van der Waals surface area contributed by atoms with Crippen molar-refractivity contribution in [3.05, 3.63) is 63.6 Å². The summed E-state index contributed by atoms with van der Waals surface area (Å²) in [7, 11) is 0. The molecular formula is C18H17Cl2N3O3. The minimum Gasteiger partial charge on any atom is -0.345 e. The summed E-state index contributed by atoms with van der Waals surface area (Å²) in [6, 6.07) is 11.7. The van der Waals surface area contributed by atoms with Gasteiger partial charge in [-0.05, 0) is 36.8 Å². The molecule has 2 aromatic rings. The Morgan fingerprint density at radius 2 is 1.62 bits per heavy atom. The Bertz CT molecular complexity index is 840. The van der Waals surface area contributed by atoms with Crippen molar-refractivity contribution in [2.24, 2.45) is 0 Å². The number of anilines is 1. The van der Waals surface area contributed by atoms with Gasteiger partial charge in [0.15, 0.2) is 0 Å². The Balaban J connectivity index is 1.77. The first-order chi connectivity index (χ1) is 12.4. The summed E-state index contributed by atoms with van der Waals surface area (Å²) in [5.74, 6) is -1.37. The van der Waals surface area contributed by atoms with Gasteiger partial charge in [0.1, 0.15) is 0 Å². The van der Waals surface area contributed by atoms with Crippen LogP contribution < -0.4 is 16.0 Å². The first-order valence-corrected chi connectivity index (χ1v) is 8.48. The van der Waals surface area contributed by atoms with Crippen LogP contribution in [0.5, 0.6) is 0 Å². The van der Waals surface area contributed by atoms with Crippen molar-refractivity contribution < 1.29 is 14.4 Å². The lowest BCUT2D eigenvalue weighted by Crippen LogP contribution is -2.40. The predicted octanol–water partition coefficient (Wildman–Crippen LogP) is 2.79. The number of halogens is 2. The van der Waals surface area contributed by atoms with Crippen LogP contribution in [0.4, 0.5) is 5.69 Å². The third kappa shape index (κ3) is 5.75. The van der Waals surface area contributed by atoms with E-state index in [0.29, 0.717) is 10.7 Å². The molecule has 0 heterocycles. The highest BCUT2D eigenvalue weighted by Gasteiger charge is 2.12. The van der Waals surface area contributed by atoms with Crippen LogP contribution in [0.1, 0.15) is 15.9 Å². The minimum atomic E-state index is -0.508. The number of rotatable bonds is 6. The van der Waals surface area contributed by atoms with Crippen LogP contribution in [0.15, 0.2) is 42.5 Å². The average molecular weight is 394 g/mol. The molecule has 26 heavy (non-hydrogen) atoms. The van der Waals surface area contributed by atoms with Gasteiger partial charge < -0.3 is 16.0 Å². The molecule has 136 valence electrons. The van der Waals surface area contributed by atoms with Crippen molar-refractivity contribution in [3.8, 4) is 0 Å². The van der Waals surface area contributed by atoms with Gasteiger partial charge in [0.2, 0.25) is 11.8 Å². The van der Waals surface area contributed by atoms with E-state index in [0.717, 1.165) is 5.56 Å². The highest BCUT2D eigenvalue weighted by atomic mass is 35.5. The summed E-state index contributed by atoms with van der Waals surface area (Å²) in [4.78, 5) is 35.6. The molecule has 8 heteroatoms. The lowest BCUT2D eigenvalue weighted by molar-refractivity contribution is -0.123. The molecule has 0 fully saturated rings. The third-order valence-electron chi connectivity index (χ3n) is 3.45. The number of benzene rings is 2. The SMILES string of the molecule is Cc1ccccc1NC(=O)CNC(=O)CNC(=O)c1ccc(Cl)cc1Cl. The predicted molar refractivity (Wildman–Crippen MR) is 102 cm³/mol. The maximum absolute atomic E-state index is 12.0. The van der Waals surface area contributed by atoms with Gasteiger partial charge in [-0.15, -0.1) is 0 Å². The molecule has 0 spiro atoms. The van der Waals surface area contributed by atoms with Crippen molar-refractivity contribution in [1.82, 2.24) is 10.6 Å². The molecule has 0 atom stereocenters. The Hall–Kier alpha value is -2.57. The van der Waals surface area contributed by atoms with Gasteiger partial charge in [0, 0.05) is 10.7 Å². The van der Waals surface area contributed by atoms with E-state index in [1.165, 1.54) is 18.2 Å². The topological polar surface area (TPSA) is 87.3 Å². The van der Waals surface area contributed by atoms with Crippen LogP contribution in [0.25, 0.3) is 0 Å². The number of hydrogen-bond donors (Lipinski definition) is 3. The molecule has 3 amide bonds.